The number of nitrogens with zero attached hydrogens (tertiary/aromatic N) is 1. The van der Waals surface area contributed by atoms with Crippen LogP contribution in [0.15, 0.2) is 76.6 Å². The predicted octanol–water partition coefficient (Wildman–Crippen LogP) is 8.05. The first kappa shape index (κ1) is 34.8. The second-order valence-corrected chi connectivity index (χ2v) is 12.3. The number of hydrogen-bond donors (Lipinski definition) is 1. The minimum atomic E-state index is -0.627. The van der Waals surface area contributed by atoms with E-state index in [1.165, 1.54) is 18.2 Å². The van der Waals surface area contributed by atoms with Crippen LogP contribution in [0.3, 0.4) is 0 Å². The van der Waals surface area contributed by atoms with E-state index in [1.54, 1.807) is 18.2 Å². The molecule has 4 rings (SSSR count). The van der Waals surface area contributed by atoms with Crippen LogP contribution in [0, 0.1) is 0 Å². The first-order valence-electron chi connectivity index (χ1n) is 14.4. The number of anilines is 1. The fourth-order valence-electron chi connectivity index (χ4n) is 4.40. The summed E-state index contributed by atoms with van der Waals surface area (Å²) in [6, 6.07) is 15.7. The number of benzene rings is 3. The van der Waals surface area contributed by atoms with Crippen LogP contribution < -0.4 is 14.8 Å². The summed E-state index contributed by atoms with van der Waals surface area (Å²) in [5.74, 6) is -0.797. The maximum absolute atomic E-state index is 13.3. The molecule has 3 aromatic carbocycles. The Morgan fingerprint density at radius 1 is 1.07 bits per heavy atom. The number of carbonyl (C=O) groups is 4. The van der Waals surface area contributed by atoms with Crippen molar-refractivity contribution in [3.05, 3.63) is 104 Å². The summed E-state index contributed by atoms with van der Waals surface area (Å²) in [7, 11) is 0. The lowest BCUT2D eigenvalue weighted by Gasteiger charge is -2.17. The Balaban J connectivity index is 1.50. The third kappa shape index (κ3) is 9.02. The van der Waals surface area contributed by atoms with Gasteiger partial charge < -0.3 is 19.5 Å². The number of esters is 1. The van der Waals surface area contributed by atoms with E-state index in [9.17, 15) is 19.2 Å². The van der Waals surface area contributed by atoms with E-state index in [0.717, 1.165) is 32.3 Å². The Morgan fingerprint density at radius 3 is 2.52 bits per heavy atom. The zero-order valence-electron chi connectivity index (χ0n) is 25.3. The standard InChI is InChI=1S/C34H32BrClN2O7S/c1-4-7-23-15-22(16-28(43-6-3)31(23)45-20-21-8-10-24(35)11-9-21)17-29-32(40)38(34(42)46-29)19-30(39)37-25-12-13-27(36)26(18-25)33(41)44-14-5-2/h4,8-13,15-18H,1,5-7,14,19-20H2,2-3H3,(H,37,39)/b29-17-. The van der Waals surface area contributed by atoms with Crippen LogP contribution in [-0.4, -0.2) is 47.7 Å². The quantitative estimate of drug-likeness (QED) is 0.101. The molecule has 46 heavy (non-hydrogen) atoms. The SMILES string of the molecule is C=CCc1cc(/C=C2\SC(=O)N(CC(=O)Nc3ccc(Cl)c(C(=O)OCCC)c3)C2=O)cc(OCC)c1OCc1ccc(Br)cc1. The number of imide groups is 1. The van der Waals surface area contributed by atoms with Gasteiger partial charge in [0, 0.05) is 15.7 Å². The number of nitrogens with one attached hydrogen (secondary N) is 1. The Kier molecular flexibility index (Phi) is 12.5. The molecule has 1 heterocycles. The summed E-state index contributed by atoms with van der Waals surface area (Å²) < 4.78 is 18.2. The molecule has 0 aliphatic carbocycles. The maximum atomic E-state index is 13.3. The van der Waals surface area contributed by atoms with Gasteiger partial charge in [0.05, 0.1) is 28.7 Å². The molecular weight excluding hydrogens is 696 g/mol. The van der Waals surface area contributed by atoms with Gasteiger partial charge in [0.15, 0.2) is 11.5 Å². The van der Waals surface area contributed by atoms with Gasteiger partial charge in [0.2, 0.25) is 5.91 Å². The molecule has 0 unspecified atom stereocenters. The molecule has 1 aliphatic heterocycles. The summed E-state index contributed by atoms with van der Waals surface area (Å²) in [5.41, 5.74) is 2.75. The molecule has 0 bridgehead atoms. The number of thioether (sulfide) groups is 1. The number of halogens is 2. The van der Waals surface area contributed by atoms with Crippen LogP contribution in [0.2, 0.25) is 5.02 Å². The molecule has 0 radical (unpaired) electrons. The van der Waals surface area contributed by atoms with Crippen molar-refractivity contribution in [1.82, 2.24) is 4.90 Å². The molecule has 1 fully saturated rings. The monoisotopic (exact) mass is 726 g/mol. The average molecular weight is 728 g/mol. The summed E-state index contributed by atoms with van der Waals surface area (Å²) >= 11 is 10.3. The van der Waals surface area contributed by atoms with E-state index in [-0.39, 0.29) is 27.8 Å². The van der Waals surface area contributed by atoms with Crippen molar-refractivity contribution < 1.29 is 33.4 Å². The van der Waals surface area contributed by atoms with E-state index in [2.05, 4.69) is 27.8 Å². The molecule has 3 aromatic rings. The van der Waals surface area contributed by atoms with Crippen molar-refractivity contribution in [3.63, 3.8) is 0 Å². The fourth-order valence-corrected chi connectivity index (χ4v) is 5.70. The predicted molar refractivity (Wildman–Crippen MR) is 183 cm³/mol. The molecule has 1 aliphatic rings. The molecule has 0 saturated carbocycles. The summed E-state index contributed by atoms with van der Waals surface area (Å²) in [6.45, 7) is 7.99. The number of carbonyl (C=O) groups excluding carboxylic acids is 4. The molecular formula is C34H32BrClN2O7S. The first-order chi connectivity index (χ1) is 22.1. The van der Waals surface area contributed by atoms with Crippen LogP contribution in [0.4, 0.5) is 10.5 Å². The molecule has 3 amide bonds. The third-order valence-corrected chi connectivity index (χ3v) is 8.26. The number of ether oxygens (including phenoxy) is 3. The van der Waals surface area contributed by atoms with Gasteiger partial charge in [-0.05, 0) is 91.2 Å². The fraction of sp³-hybridized carbons (Fsp3) is 0.235. The van der Waals surface area contributed by atoms with E-state index in [0.29, 0.717) is 43.1 Å². The largest absolute Gasteiger partial charge is 0.490 e. The highest BCUT2D eigenvalue weighted by molar-refractivity contribution is 9.10. The van der Waals surface area contributed by atoms with Crippen molar-refractivity contribution >= 4 is 74.1 Å². The van der Waals surface area contributed by atoms with Crippen LogP contribution in [0.5, 0.6) is 11.5 Å². The van der Waals surface area contributed by atoms with Crippen LogP contribution in [0.25, 0.3) is 6.08 Å². The van der Waals surface area contributed by atoms with Gasteiger partial charge in [-0.2, -0.15) is 0 Å². The molecule has 1 N–H and O–H groups in total. The first-order valence-corrected chi connectivity index (χ1v) is 16.4. The normalized spacial score (nSPS) is 13.6. The minimum absolute atomic E-state index is 0.0917. The zero-order chi connectivity index (χ0) is 33.2. The van der Waals surface area contributed by atoms with Crippen LogP contribution in [0.1, 0.15) is 47.3 Å². The van der Waals surface area contributed by atoms with E-state index >= 15 is 0 Å². The van der Waals surface area contributed by atoms with Gasteiger partial charge in [-0.25, -0.2) is 4.79 Å². The van der Waals surface area contributed by atoms with Crippen LogP contribution in [-0.2, 0) is 27.4 Å². The smallest absolute Gasteiger partial charge is 0.339 e. The van der Waals surface area contributed by atoms with Gasteiger partial charge in [0.25, 0.3) is 11.1 Å². The molecule has 0 spiro atoms. The summed E-state index contributed by atoms with van der Waals surface area (Å²) in [5, 5.41) is 2.19. The topological polar surface area (TPSA) is 111 Å². The number of amides is 3. The van der Waals surface area contributed by atoms with Crippen molar-refractivity contribution in [2.45, 2.75) is 33.3 Å². The Hall–Kier alpha value is -4.06. The number of rotatable bonds is 14. The van der Waals surface area contributed by atoms with E-state index < -0.39 is 29.6 Å². The summed E-state index contributed by atoms with van der Waals surface area (Å²) in [6.07, 6.45) is 4.44. The van der Waals surface area contributed by atoms with E-state index in [1.807, 2.05) is 44.2 Å². The highest BCUT2D eigenvalue weighted by atomic mass is 79.9. The number of allylic oxidation sites excluding steroid dienone is 1. The van der Waals surface area contributed by atoms with Gasteiger partial charge in [-0.1, -0.05) is 52.7 Å². The molecule has 1 saturated heterocycles. The van der Waals surface area contributed by atoms with Gasteiger partial charge in [0.1, 0.15) is 13.2 Å². The molecule has 12 heteroatoms. The second-order valence-electron chi connectivity index (χ2n) is 9.99. The molecule has 240 valence electrons. The van der Waals surface area contributed by atoms with Crippen molar-refractivity contribution in [2.75, 3.05) is 25.1 Å². The average Bonchev–Trinajstić information content (AvgIpc) is 3.28. The highest BCUT2D eigenvalue weighted by Crippen LogP contribution is 2.38. The molecule has 0 aromatic heterocycles. The van der Waals surface area contributed by atoms with Gasteiger partial charge in [-0.3, -0.25) is 19.3 Å². The van der Waals surface area contributed by atoms with Crippen molar-refractivity contribution in [2.24, 2.45) is 0 Å². The van der Waals surface area contributed by atoms with Gasteiger partial charge >= 0.3 is 5.97 Å². The van der Waals surface area contributed by atoms with Crippen LogP contribution >= 0.6 is 39.3 Å². The van der Waals surface area contributed by atoms with Crippen molar-refractivity contribution in [1.29, 1.82) is 0 Å². The maximum Gasteiger partial charge on any atom is 0.339 e. The number of hydrogen-bond acceptors (Lipinski definition) is 8. The minimum Gasteiger partial charge on any atom is -0.490 e. The second kappa shape index (κ2) is 16.5. The lowest BCUT2D eigenvalue weighted by Crippen LogP contribution is -2.36. The zero-order valence-corrected chi connectivity index (χ0v) is 28.4. The Morgan fingerprint density at radius 2 is 1.83 bits per heavy atom. The highest BCUT2D eigenvalue weighted by Gasteiger charge is 2.36. The van der Waals surface area contributed by atoms with E-state index in [4.69, 9.17) is 25.8 Å². The Bertz CT molecular complexity index is 1680. The lowest BCUT2D eigenvalue weighted by atomic mass is 10.0. The van der Waals surface area contributed by atoms with Crippen molar-refractivity contribution in [3.8, 4) is 11.5 Å². The lowest BCUT2D eigenvalue weighted by molar-refractivity contribution is -0.127. The molecule has 0 atom stereocenters. The van der Waals surface area contributed by atoms with Gasteiger partial charge in [-0.15, -0.1) is 6.58 Å². The Labute approximate surface area is 285 Å². The third-order valence-electron chi connectivity index (χ3n) is 6.50. The summed E-state index contributed by atoms with van der Waals surface area (Å²) in [4.78, 5) is 52.2. The molecule has 9 nitrogen and oxygen atoms in total.